The molecule has 3 rings (SSSR count). The maximum absolute atomic E-state index is 14.3. The molecule has 192 valence electrons. The van der Waals surface area contributed by atoms with Gasteiger partial charge in [0, 0.05) is 76.6 Å². The summed E-state index contributed by atoms with van der Waals surface area (Å²) in [5.41, 5.74) is 1.74. The van der Waals surface area contributed by atoms with Crippen LogP contribution >= 0.6 is 0 Å². The molecule has 1 aliphatic heterocycles. The van der Waals surface area contributed by atoms with E-state index in [1.807, 2.05) is 13.1 Å². The van der Waals surface area contributed by atoms with Gasteiger partial charge in [-0.1, -0.05) is 6.92 Å². The summed E-state index contributed by atoms with van der Waals surface area (Å²) < 4.78 is 30.4. The number of aromatic nitrogens is 2. The zero-order chi connectivity index (χ0) is 25.5. The number of hydrogen-bond acceptors (Lipinski definition) is 4. The van der Waals surface area contributed by atoms with Gasteiger partial charge in [0.15, 0.2) is 11.6 Å². The lowest BCUT2D eigenvalue weighted by Gasteiger charge is -2.33. The summed E-state index contributed by atoms with van der Waals surface area (Å²) in [7, 11) is 1.84. The highest BCUT2D eigenvalue weighted by atomic mass is 19.2. The molecule has 0 atom stereocenters. The third-order valence-corrected chi connectivity index (χ3v) is 6.68. The molecule has 1 aromatic carbocycles. The maximum atomic E-state index is 14.3. The van der Waals surface area contributed by atoms with Gasteiger partial charge >= 0.3 is 0 Å². The summed E-state index contributed by atoms with van der Waals surface area (Å²) in [6.45, 7) is 8.62. The molecular formula is C26H37F2N5O2. The van der Waals surface area contributed by atoms with Crippen molar-refractivity contribution in [1.82, 2.24) is 19.6 Å². The highest BCUT2D eigenvalue weighted by Crippen LogP contribution is 2.27. The molecule has 9 heteroatoms. The van der Waals surface area contributed by atoms with Gasteiger partial charge in [-0.05, 0) is 50.8 Å². The van der Waals surface area contributed by atoms with Crippen LogP contribution in [-0.4, -0.2) is 63.6 Å². The Bertz CT molecular complexity index is 1020. The second-order valence-electron chi connectivity index (χ2n) is 9.39. The van der Waals surface area contributed by atoms with Gasteiger partial charge in [0.2, 0.25) is 11.8 Å². The molecule has 0 bridgehead atoms. The number of aryl methyl sites for hydroxylation is 2. The molecular weight excluding hydrogens is 452 g/mol. The van der Waals surface area contributed by atoms with E-state index in [0.29, 0.717) is 36.8 Å². The van der Waals surface area contributed by atoms with Crippen LogP contribution in [0.4, 0.5) is 14.5 Å². The fraction of sp³-hybridized carbons (Fsp3) is 0.577. The topological polar surface area (TPSA) is 61.7 Å². The largest absolute Gasteiger partial charge is 0.338 e. The van der Waals surface area contributed by atoms with E-state index in [2.05, 4.69) is 23.8 Å². The van der Waals surface area contributed by atoms with Crippen LogP contribution in [0.15, 0.2) is 24.4 Å². The van der Waals surface area contributed by atoms with Gasteiger partial charge in [-0.2, -0.15) is 5.10 Å². The number of benzene rings is 1. The molecule has 2 aromatic rings. The fourth-order valence-electron chi connectivity index (χ4n) is 4.59. The molecule has 0 N–H and O–H groups in total. The van der Waals surface area contributed by atoms with Crippen LogP contribution in [-0.2, 0) is 29.6 Å². The van der Waals surface area contributed by atoms with Crippen LogP contribution in [0.1, 0.15) is 57.7 Å². The molecule has 35 heavy (non-hydrogen) atoms. The SMILES string of the molecule is CCC(=O)N1CCCN(C(C)C)CCCN(C(=O)CCc2ccnn2C)Cc2cc(F)c(F)cc21. The van der Waals surface area contributed by atoms with Gasteiger partial charge in [0.05, 0.1) is 5.69 Å². The van der Waals surface area contributed by atoms with Crippen molar-refractivity contribution in [1.29, 1.82) is 0 Å². The number of rotatable bonds is 5. The second kappa shape index (κ2) is 12.2. The molecule has 7 nitrogen and oxygen atoms in total. The Kier molecular flexibility index (Phi) is 9.37. The van der Waals surface area contributed by atoms with E-state index in [-0.39, 0.29) is 31.2 Å². The lowest BCUT2D eigenvalue weighted by Crippen LogP contribution is -2.40. The molecule has 0 saturated carbocycles. The van der Waals surface area contributed by atoms with E-state index >= 15 is 0 Å². The van der Waals surface area contributed by atoms with Crippen molar-refractivity contribution >= 4 is 17.5 Å². The quantitative estimate of drug-likeness (QED) is 0.639. The van der Waals surface area contributed by atoms with Crippen molar-refractivity contribution in [2.24, 2.45) is 7.05 Å². The number of amides is 2. The molecule has 0 saturated heterocycles. The summed E-state index contributed by atoms with van der Waals surface area (Å²) >= 11 is 0. The average Bonchev–Trinajstić information content (AvgIpc) is 3.23. The van der Waals surface area contributed by atoms with Crippen molar-refractivity contribution in [3.8, 4) is 0 Å². The fourth-order valence-corrected chi connectivity index (χ4v) is 4.59. The summed E-state index contributed by atoms with van der Waals surface area (Å²) in [6, 6.07) is 4.43. The third kappa shape index (κ3) is 6.87. The van der Waals surface area contributed by atoms with E-state index < -0.39 is 11.6 Å². The normalized spacial score (nSPS) is 16.1. The molecule has 0 spiro atoms. The van der Waals surface area contributed by atoms with Crippen LogP contribution in [0.25, 0.3) is 0 Å². The first-order chi connectivity index (χ1) is 16.7. The standard InChI is InChI=1S/C26H37F2N5O2/c1-5-25(34)33-15-7-13-31(19(2)3)12-6-14-32(18-20-16-22(27)23(28)17-24(20)33)26(35)9-8-21-10-11-29-30(21)4/h10-11,16-17,19H,5-9,12-15,18H2,1-4H3. The van der Waals surface area contributed by atoms with Gasteiger partial charge < -0.3 is 14.7 Å². The number of hydrogen-bond donors (Lipinski definition) is 0. The number of fused-ring (bicyclic) bond motifs is 1. The predicted molar refractivity (Wildman–Crippen MR) is 132 cm³/mol. The second-order valence-corrected chi connectivity index (χ2v) is 9.39. The Morgan fingerprint density at radius 3 is 2.34 bits per heavy atom. The van der Waals surface area contributed by atoms with Crippen molar-refractivity contribution in [2.45, 2.75) is 65.5 Å². The van der Waals surface area contributed by atoms with E-state index in [1.165, 1.54) is 0 Å². The third-order valence-electron chi connectivity index (χ3n) is 6.68. The number of halogens is 2. The Labute approximate surface area is 206 Å². The zero-order valence-corrected chi connectivity index (χ0v) is 21.3. The van der Waals surface area contributed by atoms with Crippen molar-refractivity contribution in [3.05, 3.63) is 47.3 Å². The predicted octanol–water partition coefficient (Wildman–Crippen LogP) is 3.91. The highest BCUT2D eigenvalue weighted by molar-refractivity contribution is 5.94. The summed E-state index contributed by atoms with van der Waals surface area (Å²) in [4.78, 5) is 31.7. The van der Waals surface area contributed by atoms with E-state index in [9.17, 15) is 18.4 Å². The van der Waals surface area contributed by atoms with Gasteiger partial charge in [-0.15, -0.1) is 0 Å². The van der Waals surface area contributed by atoms with E-state index in [4.69, 9.17) is 0 Å². The number of carbonyl (C=O) groups is 2. The first-order valence-electron chi connectivity index (χ1n) is 12.5. The number of carbonyl (C=O) groups excluding carboxylic acids is 2. The minimum Gasteiger partial charge on any atom is -0.338 e. The first-order valence-corrected chi connectivity index (χ1v) is 12.5. The smallest absolute Gasteiger partial charge is 0.226 e. The van der Waals surface area contributed by atoms with Crippen molar-refractivity contribution in [2.75, 3.05) is 31.1 Å². The molecule has 0 aliphatic carbocycles. The highest BCUT2D eigenvalue weighted by Gasteiger charge is 2.25. The van der Waals surface area contributed by atoms with Crippen LogP contribution in [0.3, 0.4) is 0 Å². The van der Waals surface area contributed by atoms with Crippen molar-refractivity contribution in [3.63, 3.8) is 0 Å². The molecule has 0 fully saturated rings. The molecule has 1 aromatic heterocycles. The minimum atomic E-state index is -0.998. The summed E-state index contributed by atoms with van der Waals surface area (Å²) in [5.74, 6) is -2.20. The van der Waals surface area contributed by atoms with Crippen LogP contribution in [0.2, 0.25) is 0 Å². The maximum Gasteiger partial charge on any atom is 0.226 e. The van der Waals surface area contributed by atoms with Gasteiger partial charge in [0.25, 0.3) is 0 Å². The van der Waals surface area contributed by atoms with Crippen LogP contribution in [0.5, 0.6) is 0 Å². The first kappa shape index (κ1) is 26.8. The van der Waals surface area contributed by atoms with E-state index in [0.717, 1.165) is 43.8 Å². The molecule has 1 aliphatic rings. The summed E-state index contributed by atoms with van der Waals surface area (Å²) in [6.07, 6.45) is 4.25. The van der Waals surface area contributed by atoms with Crippen LogP contribution < -0.4 is 4.90 Å². The molecule has 0 unspecified atom stereocenters. The number of anilines is 1. The molecule has 2 amide bonds. The molecule has 0 radical (unpaired) electrons. The lowest BCUT2D eigenvalue weighted by molar-refractivity contribution is -0.132. The Morgan fingerprint density at radius 1 is 1.03 bits per heavy atom. The van der Waals surface area contributed by atoms with Crippen LogP contribution in [0, 0.1) is 11.6 Å². The van der Waals surface area contributed by atoms with Gasteiger partial charge in [0.1, 0.15) is 0 Å². The average molecular weight is 490 g/mol. The van der Waals surface area contributed by atoms with Crippen molar-refractivity contribution < 1.29 is 18.4 Å². The zero-order valence-electron chi connectivity index (χ0n) is 21.3. The Morgan fingerprint density at radius 2 is 1.71 bits per heavy atom. The lowest BCUT2D eigenvalue weighted by atomic mass is 10.1. The summed E-state index contributed by atoms with van der Waals surface area (Å²) in [5, 5.41) is 4.15. The van der Waals surface area contributed by atoms with E-state index in [1.54, 1.807) is 27.6 Å². The Balaban J connectivity index is 1.94. The monoisotopic (exact) mass is 489 g/mol. The Hall–Kier alpha value is -2.81. The van der Waals surface area contributed by atoms with Gasteiger partial charge in [-0.3, -0.25) is 14.3 Å². The number of nitrogens with zero attached hydrogens (tertiary/aromatic N) is 5. The minimum absolute atomic E-state index is 0.0663. The molecule has 2 heterocycles. The van der Waals surface area contributed by atoms with Gasteiger partial charge in [-0.25, -0.2) is 8.78 Å².